The molecule has 2 aromatic rings. The lowest BCUT2D eigenvalue weighted by Gasteiger charge is -2.25. The van der Waals surface area contributed by atoms with Crippen LogP contribution in [0.2, 0.25) is 0 Å². The number of rotatable bonds is 3. The van der Waals surface area contributed by atoms with Crippen LogP contribution in [-0.4, -0.2) is 10.9 Å². The minimum absolute atomic E-state index is 0.0670. The maximum atomic E-state index is 12.2. The fraction of sp³-hybridized carbons (Fsp3) is 0.188. The first-order valence-corrected chi connectivity index (χ1v) is 8.46. The summed E-state index contributed by atoms with van der Waals surface area (Å²) in [5.74, 6) is 0.0886. The summed E-state index contributed by atoms with van der Waals surface area (Å²) >= 11 is 5.11. The van der Waals surface area contributed by atoms with E-state index in [1.54, 1.807) is 16.3 Å². The van der Waals surface area contributed by atoms with Crippen molar-refractivity contribution in [1.82, 2.24) is 10.4 Å². The number of nitrogens with zero attached hydrogens (tertiary/aromatic N) is 1. The highest BCUT2D eigenvalue weighted by molar-refractivity contribution is 9.10. The zero-order valence-corrected chi connectivity index (χ0v) is 13.9. The molecule has 0 aliphatic carbocycles. The molecule has 1 aliphatic rings. The average Bonchev–Trinajstić information content (AvgIpc) is 3.16. The molecule has 3 rings (SSSR count). The van der Waals surface area contributed by atoms with Crippen molar-refractivity contribution in [2.75, 3.05) is 0 Å². The van der Waals surface area contributed by atoms with Crippen LogP contribution in [-0.2, 0) is 4.79 Å². The third kappa shape index (κ3) is 2.89. The van der Waals surface area contributed by atoms with Crippen molar-refractivity contribution in [3.8, 4) is 0 Å². The summed E-state index contributed by atoms with van der Waals surface area (Å²) in [7, 11) is 0. The van der Waals surface area contributed by atoms with E-state index in [-0.39, 0.29) is 11.9 Å². The van der Waals surface area contributed by atoms with E-state index in [1.165, 1.54) is 0 Å². The molecule has 2 heterocycles. The monoisotopic (exact) mass is 362 g/mol. The molecule has 5 heteroatoms. The Morgan fingerprint density at radius 1 is 1.33 bits per heavy atom. The van der Waals surface area contributed by atoms with Gasteiger partial charge in [0.05, 0.1) is 16.6 Å². The van der Waals surface area contributed by atoms with Crippen LogP contribution in [0.1, 0.15) is 29.8 Å². The van der Waals surface area contributed by atoms with Gasteiger partial charge in [0.25, 0.3) is 0 Å². The predicted molar refractivity (Wildman–Crippen MR) is 89.5 cm³/mol. The van der Waals surface area contributed by atoms with E-state index in [2.05, 4.69) is 33.5 Å². The smallest absolute Gasteiger partial charge is 0.241 e. The molecule has 1 amide bonds. The van der Waals surface area contributed by atoms with E-state index in [0.29, 0.717) is 6.42 Å². The molecule has 0 saturated heterocycles. The molecule has 1 aromatic heterocycles. The van der Waals surface area contributed by atoms with Gasteiger partial charge in [-0.1, -0.05) is 41.1 Å². The lowest BCUT2D eigenvalue weighted by Crippen LogP contribution is -2.39. The molecule has 21 heavy (non-hydrogen) atoms. The second-order valence-corrected chi connectivity index (χ2v) is 6.65. The number of halogens is 1. The first-order valence-electron chi connectivity index (χ1n) is 6.79. The molecular weight excluding hydrogens is 348 g/mol. The lowest BCUT2D eigenvalue weighted by molar-refractivity contribution is -0.134. The summed E-state index contributed by atoms with van der Waals surface area (Å²) < 4.78 is 1.04. The van der Waals surface area contributed by atoms with Crippen molar-refractivity contribution < 1.29 is 4.79 Å². The number of carbonyl (C=O) groups is 1. The molecule has 1 atom stereocenters. The standard InChI is InChI=1S/C16H15BrN2OS/c1-2-16(20)19-14(11-5-7-12(17)8-6-11)10-13(18-19)15-4-3-9-21-15/h3-10,14,18H,2H2,1H3/t14-/m1/s1. The normalized spacial score (nSPS) is 17.5. The Labute approximate surface area is 136 Å². The number of thiophene rings is 1. The number of nitrogens with one attached hydrogen (secondary N) is 1. The number of carbonyl (C=O) groups excluding carboxylic acids is 1. The minimum atomic E-state index is -0.0670. The van der Waals surface area contributed by atoms with Gasteiger partial charge in [0.1, 0.15) is 0 Å². The van der Waals surface area contributed by atoms with Crippen LogP contribution >= 0.6 is 27.3 Å². The third-order valence-corrected chi connectivity index (χ3v) is 4.84. The zero-order valence-electron chi connectivity index (χ0n) is 11.5. The van der Waals surface area contributed by atoms with Crippen molar-refractivity contribution in [2.24, 2.45) is 0 Å². The van der Waals surface area contributed by atoms with E-state index in [1.807, 2.05) is 42.6 Å². The summed E-state index contributed by atoms with van der Waals surface area (Å²) in [4.78, 5) is 13.3. The molecule has 108 valence electrons. The SMILES string of the molecule is CCC(=O)N1NC(c2cccs2)=C[C@@H]1c1ccc(Br)cc1. The van der Waals surface area contributed by atoms with Crippen molar-refractivity contribution >= 4 is 38.9 Å². The third-order valence-electron chi connectivity index (χ3n) is 3.41. The highest BCUT2D eigenvalue weighted by atomic mass is 79.9. The molecule has 1 aromatic carbocycles. The van der Waals surface area contributed by atoms with E-state index in [0.717, 1.165) is 20.6 Å². The Morgan fingerprint density at radius 2 is 2.10 bits per heavy atom. The van der Waals surface area contributed by atoms with E-state index < -0.39 is 0 Å². The van der Waals surface area contributed by atoms with Crippen molar-refractivity contribution in [3.05, 3.63) is 62.8 Å². The summed E-state index contributed by atoms with van der Waals surface area (Å²) in [5, 5.41) is 3.76. The van der Waals surface area contributed by atoms with Gasteiger partial charge >= 0.3 is 0 Å². The quantitative estimate of drug-likeness (QED) is 0.879. The Hall–Kier alpha value is -1.59. The topological polar surface area (TPSA) is 32.3 Å². The molecule has 0 unspecified atom stereocenters. The van der Waals surface area contributed by atoms with E-state index in [9.17, 15) is 4.79 Å². The predicted octanol–water partition coefficient (Wildman–Crippen LogP) is 4.35. The second kappa shape index (κ2) is 6.03. The molecule has 1 aliphatic heterocycles. The van der Waals surface area contributed by atoms with Crippen LogP contribution in [0.25, 0.3) is 5.70 Å². The Balaban J connectivity index is 1.96. The lowest BCUT2D eigenvalue weighted by atomic mass is 10.1. The Bertz CT molecular complexity index is 664. The summed E-state index contributed by atoms with van der Waals surface area (Å²) in [6.45, 7) is 1.88. The van der Waals surface area contributed by atoms with Crippen LogP contribution in [0.5, 0.6) is 0 Å². The van der Waals surface area contributed by atoms with Crippen LogP contribution in [0.3, 0.4) is 0 Å². The molecule has 0 spiro atoms. The largest absolute Gasteiger partial charge is 0.294 e. The van der Waals surface area contributed by atoms with E-state index >= 15 is 0 Å². The number of hydrogen-bond acceptors (Lipinski definition) is 3. The van der Waals surface area contributed by atoms with Gasteiger partial charge in [-0.2, -0.15) is 0 Å². The summed E-state index contributed by atoms with van der Waals surface area (Å²) in [6, 6.07) is 12.1. The van der Waals surface area contributed by atoms with Gasteiger partial charge in [-0.15, -0.1) is 11.3 Å². The highest BCUT2D eigenvalue weighted by Crippen LogP contribution is 2.33. The number of hydrazine groups is 1. The van der Waals surface area contributed by atoms with Crippen LogP contribution in [0, 0.1) is 0 Å². The van der Waals surface area contributed by atoms with Gasteiger partial charge in [-0.05, 0) is 35.2 Å². The van der Waals surface area contributed by atoms with Crippen molar-refractivity contribution in [2.45, 2.75) is 19.4 Å². The number of hydrogen-bond donors (Lipinski definition) is 1. The Morgan fingerprint density at radius 3 is 2.71 bits per heavy atom. The molecule has 0 saturated carbocycles. The first kappa shape index (κ1) is 14.4. The number of amides is 1. The maximum Gasteiger partial charge on any atom is 0.241 e. The fourth-order valence-corrected chi connectivity index (χ4v) is 3.30. The molecule has 0 fully saturated rings. The van der Waals surface area contributed by atoms with Gasteiger partial charge in [0.2, 0.25) is 5.91 Å². The first-order chi connectivity index (χ1) is 10.2. The molecular formula is C16H15BrN2OS. The molecule has 0 bridgehead atoms. The van der Waals surface area contributed by atoms with Crippen LogP contribution < -0.4 is 5.43 Å². The van der Waals surface area contributed by atoms with Crippen molar-refractivity contribution in [1.29, 1.82) is 0 Å². The summed E-state index contributed by atoms with van der Waals surface area (Å²) in [5.41, 5.74) is 5.35. The fourth-order valence-electron chi connectivity index (χ4n) is 2.33. The van der Waals surface area contributed by atoms with Gasteiger partial charge in [-0.25, -0.2) is 5.01 Å². The van der Waals surface area contributed by atoms with Gasteiger partial charge in [0.15, 0.2) is 0 Å². The second-order valence-electron chi connectivity index (χ2n) is 4.78. The number of benzene rings is 1. The average molecular weight is 363 g/mol. The van der Waals surface area contributed by atoms with Crippen molar-refractivity contribution in [3.63, 3.8) is 0 Å². The van der Waals surface area contributed by atoms with Gasteiger partial charge < -0.3 is 0 Å². The molecule has 1 N–H and O–H groups in total. The zero-order chi connectivity index (χ0) is 14.8. The molecule has 3 nitrogen and oxygen atoms in total. The van der Waals surface area contributed by atoms with Crippen LogP contribution in [0.15, 0.2) is 52.3 Å². The highest BCUT2D eigenvalue weighted by Gasteiger charge is 2.29. The molecule has 0 radical (unpaired) electrons. The van der Waals surface area contributed by atoms with E-state index in [4.69, 9.17) is 0 Å². The van der Waals surface area contributed by atoms with Gasteiger partial charge in [-0.3, -0.25) is 10.2 Å². The van der Waals surface area contributed by atoms with Crippen LogP contribution in [0.4, 0.5) is 0 Å². The minimum Gasteiger partial charge on any atom is -0.294 e. The maximum absolute atomic E-state index is 12.2. The summed E-state index contributed by atoms with van der Waals surface area (Å²) in [6.07, 6.45) is 2.59. The Kier molecular flexibility index (Phi) is 4.12. The van der Waals surface area contributed by atoms with Gasteiger partial charge in [0, 0.05) is 10.9 Å².